The van der Waals surface area contributed by atoms with E-state index < -0.39 is 0 Å². The van der Waals surface area contributed by atoms with Gasteiger partial charge in [0.25, 0.3) is 5.91 Å². The number of phenolic OH excluding ortho intramolecular Hbond substituents is 1. The molecule has 0 radical (unpaired) electrons. The maximum atomic E-state index is 13.9. The van der Waals surface area contributed by atoms with Crippen molar-refractivity contribution < 1.29 is 24.5 Å². The van der Waals surface area contributed by atoms with E-state index in [-0.39, 0.29) is 30.8 Å². The maximum Gasteiger partial charge on any atom is 0.258 e. The number of alkyl halides is 1. The van der Waals surface area contributed by atoms with Crippen molar-refractivity contribution in [3.8, 4) is 22.9 Å². The number of carbonyl (C=O) groups excluding carboxylic acids is 1. The summed E-state index contributed by atoms with van der Waals surface area (Å²) in [6.07, 6.45) is 0. The molecule has 9 heteroatoms. The number of aryl methyl sites for hydroxylation is 1. The van der Waals surface area contributed by atoms with Crippen LogP contribution in [-0.4, -0.2) is 64.9 Å². The first kappa shape index (κ1) is 27.1. The highest BCUT2D eigenvalue weighted by Crippen LogP contribution is 2.46. The Hall–Kier alpha value is -4.11. The summed E-state index contributed by atoms with van der Waals surface area (Å²) >= 11 is 6.40. The summed E-state index contributed by atoms with van der Waals surface area (Å²) in [6, 6.07) is 20.5. The van der Waals surface area contributed by atoms with Crippen LogP contribution in [0.3, 0.4) is 0 Å². The molecule has 1 unspecified atom stereocenters. The predicted octanol–water partition coefficient (Wildman–Crippen LogP) is 5.77. The summed E-state index contributed by atoms with van der Waals surface area (Å²) in [5.74, 6) is 1.65. The number of H-pyrrole nitrogens is 1. The van der Waals surface area contributed by atoms with Crippen LogP contribution in [0.1, 0.15) is 27.4 Å². The molecule has 1 aliphatic heterocycles. The third-order valence-corrected chi connectivity index (χ3v) is 7.84. The standard InChI is InChI=1S/C32H30ClN3O5/c1-19-4-2-7-24-28(38)16-27-30(29(19)24)22(17-33)18-36(27)32(39)21-8-9-25-26(15-21)35-31(34-25)20-5-3-6-23(14-20)41-13-12-40-11-10-37/h2-9,14-16,22,37-38H,10-13,17-18H2,1H3,(H,34,35). The normalized spacial score (nSPS) is 14.6. The molecule has 5 aromatic rings. The Bertz CT molecular complexity index is 1750. The second-order valence-corrected chi connectivity index (χ2v) is 10.4. The summed E-state index contributed by atoms with van der Waals surface area (Å²) in [7, 11) is 0. The smallest absolute Gasteiger partial charge is 0.258 e. The van der Waals surface area contributed by atoms with E-state index in [4.69, 9.17) is 31.2 Å². The molecule has 2 heterocycles. The van der Waals surface area contributed by atoms with Crippen molar-refractivity contribution in [3.63, 3.8) is 0 Å². The molecule has 1 amide bonds. The lowest BCUT2D eigenvalue weighted by Gasteiger charge is -2.19. The number of nitrogens with one attached hydrogen (secondary N) is 1. The van der Waals surface area contributed by atoms with Crippen LogP contribution < -0.4 is 9.64 Å². The van der Waals surface area contributed by atoms with E-state index in [1.165, 1.54) is 0 Å². The number of halogens is 1. The van der Waals surface area contributed by atoms with Gasteiger partial charge in [0.1, 0.15) is 23.9 Å². The van der Waals surface area contributed by atoms with Gasteiger partial charge in [0.2, 0.25) is 0 Å². The van der Waals surface area contributed by atoms with E-state index in [9.17, 15) is 9.90 Å². The summed E-state index contributed by atoms with van der Waals surface area (Å²) in [4.78, 5) is 23.6. The van der Waals surface area contributed by atoms with Crippen molar-refractivity contribution in [1.82, 2.24) is 9.97 Å². The average molecular weight is 572 g/mol. The molecular formula is C32H30ClN3O5. The Morgan fingerprint density at radius 3 is 2.78 bits per heavy atom. The van der Waals surface area contributed by atoms with E-state index in [2.05, 4.69) is 4.98 Å². The number of hydrogen-bond acceptors (Lipinski definition) is 6. The number of nitrogens with zero attached hydrogens (tertiary/aromatic N) is 2. The summed E-state index contributed by atoms with van der Waals surface area (Å²) < 4.78 is 11.0. The highest BCUT2D eigenvalue weighted by Gasteiger charge is 2.35. The molecule has 0 spiro atoms. The van der Waals surface area contributed by atoms with E-state index in [1.807, 2.05) is 61.5 Å². The Labute approximate surface area is 242 Å². The summed E-state index contributed by atoms with van der Waals surface area (Å²) in [5.41, 5.74) is 5.57. The largest absolute Gasteiger partial charge is 0.507 e. The van der Waals surface area contributed by atoms with Crippen LogP contribution in [0.5, 0.6) is 11.5 Å². The second kappa shape index (κ2) is 11.4. The Morgan fingerprint density at radius 2 is 1.95 bits per heavy atom. The van der Waals surface area contributed by atoms with Gasteiger partial charge in [-0.25, -0.2) is 4.98 Å². The van der Waals surface area contributed by atoms with Gasteiger partial charge in [-0.1, -0.05) is 30.3 Å². The molecule has 41 heavy (non-hydrogen) atoms. The fourth-order valence-electron chi connectivity index (χ4n) is 5.57. The van der Waals surface area contributed by atoms with E-state index >= 15 is 0 Å². The molecule has 0 aliphatic carbocycles. The van der Waals surface area contributed by atoms with Crippen molar-refractivity contribution in [1.29, 1.82) is 0 Å². The second-order valence-electron chi connectivity index (χ2n) is 10.1. The number of aromatic hydroxyl groups is 1. The molecule has 0 fully saturated rings. The van der Waals surface area contributed by atoms with Gasteiger partial charge in [0, 0.05) is 40.9 Å². The zero-order chi connectivity index (χ0) is 28.5. The van der Waals surface area contributed by atoms with E-state index in [1.54, 1.807) is 17.0 Å². The molecular weight excluding hydrogens is 542 g/mol. The first-order valence-corrected chi connectivity index (χ1v) is 14.1. The SMILES string of the molecule is Cc1cccc2c(O)cc3c(c12)C(CCl)CN3C(=O)c1ccc2nc(-c3cccc(OCCOCCO)c3)[nH]c2c1. The van der Waals surface area contributed by atoms with Gasteiger partial charge in [0.15, 0.2) is 0 Å². The zero-order valence-electron chi connectivity index (χ0n) is 22.6. The fourth-order valence-corrected chi connectivity index (χ4v) is 5.82. The highest BCUT2D eigenvalue weighted by molar-refractivity contribution is 6.19. The van der Waals surface area contributed by atoms with E-state index in [0.717, 1.165) is 38.5 Å². The molecule has 1 aromatic heterocycles. The first-order valence-electron chi connectivity index (χ1n) is 13.5. The van der Waals surface area contributed by atoms with Gasteiger partial charge in [0.05, 0.1) is 36.5 Å². The molecule has 210 valence electrons. The number of ether oxygens (including phenoxy) is 2. The van der Waals surface area contributed by atoms with E-state index in [0.29, 0.717) is 48.5 Å². The lowest BCUT2D eigenvalue weighted by atomic mass is 9.92. The Morgan fingerprint density at radius 1 is 1.10 bits per heavy atom. The Balaban J connectivity index is 1.28. The summed E-state index contributed by atoms with van der Waals surface area (Å²) in [5, 5.41) is 21.4. The topological polar surface area (TPSA) is 108 Å². The van der Waals surface area contributed by atoms with Crippen LogP contribution in [0, 0.1) is 6.92 Å². The van der Waals surface area contributed by atoms with Gasteiger partial charge in [-0.2, -0.15) is 0 Å². The number of aromatic nitrogens is 2. The van der Waals surface area contributed by atoms with Crippen LogP contribution in [0.15, 0.2) is 66.7 Å². The molecule has 0 saturated carbocycles. The number of carbonyl (C=O) groups is 1. The number of imidazole rings is 1. The molecule has 1 aliphatic rings. The third kappa shape index (κ3) is 5.10. The lowest BCUT2D eigenvalue weighted by molar-refractivity contribution is 0.0705. The minimum absolute atomic E-state index is 0.0193. The number of rotatable bonds is 9. The molecule has 1 atom stereocenters. The van der Waals surface area contributed by atoms with Crippen molar-refractivity contribution in [2.45, 2.75) is 12.8 Å². The van der Waals surface area contributed by atoms with Crippen LogP contribution in [0.4, 0.5) is 5.69 Å². The number of fused-ring (bicyclic) bond motifs is 4. The van der Waals surface area contributed by atoms with Crippen molar-refractivity contribution >= 4 is 45.0 Å². The van der Waals surface area contributed by atoms with Crippen LogP contribution in [0.25, 0.3) is 33.2 Å². The lowest BCUT2D eigenvalue weighted by Crippen LogP contribution is -2.30. The molecule has 4 aromatic carbocycles. The molecule has 0 bridgehead atoms. The monoisotopic (exact) mass is 571 g/mol. The number of hydrogen-bond donors (Lipinski definition) is 3. The molecule has 8 nitrogen and oxygen atoms in total. The average Bonchev–Trinajstić information content (AvgIpc) is 3.58. The van der Waals surface area contributed by atoms with Crippen molar-refractivity contribution in [3.05, 3.63) is 83.4 Å². The predicted molar refractivity (Wildman–Crippen MR) is 160 cm³/mol. The number of aromatic amines is 1. The first-order chi connectivity index (χ1) is 20.0. The molecule has 0 saturated heterocycles. The number of aliphatic hydroxyl groups excluding tert-OH is 1. The number of aliphatic hydroxyl groups is 1. The number of amides is 1. The van der Waals surface area contributed by atoms with Crippen molar-refractivity contribution in [2.75, 3.05) is 43.8 Å². The minimum Gasteiger partial charge on any atom is -0.507 e. The maximum absolute atomic E-state index is 13.9. The number of benzene rings is 4. The molecule has 6 rings (SSSR count). The van der Waals surface area contributed by atoms with Gasteiger partial charge in [-0.05, 0) is 53.8 Å². The quantitative estimate of drug-likeness (QED) is 0.153. The summed E-state index contributed by atoms with van der Waals surface area (Å²) in [6.45, 7) is 3.46. The van der Waals surface area contributed by atoms with Gasteiger partial charge < -0.3 is 29.6 Å². The van der Waals surface area contributed by atoms with Crippen LogP contribution in [-0.2, 0) is 4.74 Å². The number of phenols is 1. The number of anilines is 1. The Kier molecular flexibility index (Phi) is 7.53. The zero-order valence-corrected chi connectivity index (χ0v) is 23.3. The third-order valence-electron chi connectivity index (χ3n) is 7.47. The van der Waals surface area contributed by atoms with Gasteiger partial charge in [-0.15, -0.1) is 11.6 Å². The molecule has 3 N–H and O–H groups in total. The van der Waals surface area contributed by atoms with Gasteiger partial charge >= 0.3 is 0 Å². The van der Waals surface area contributed by atoms with Crippen LogP contribution in [0.2, 0.25) is 0 Å². The fraction of sp³-hybridized carbons (Fsp3) is 0.250. The van der Waals surface area contributed by atoms with Crippen LogP contribution >= 0.6 is 11.6 Å². The van der Waals surface area contributed by atoms with Gasteiger partial charge in [-0.3, -0.25) is 4.79 Å². The van der Waals surface area contributed by atoms with Crippen molar-refractivity contribution in [2.24, 2.45) is 0 Å². The minimum atomic E-state index is -0.164. The highest BCUT2D eigenvalue weighted by atomic mass is 35.5.